The number of benzene rings is 3. The third-order valence-corrected chi connectivity index (χ3v) is 6.64. The molecule has 38 heavy (non-hydrogen) atoms. The highest BCUT2D eigenvalue weighted by Gasteiger charge is 2.47. The van der Waals surface area contributed by atoms with Crippen LogP contribution >= 0.6 is 11.6 Å². The van der Waals surface area contributed by atoms with Gasteiger partial charge in [0.05, 0.1) is 24.8 Å². The highest BCUT2D eigenvalue weighted by Crippen LogP contribution is 2.45. The Morgan fingerprint density at radius 3 is 2.50 bits per heavy atom. The van der Waals surface area contributed by atoms with E-state index in [2.05, 4.69) is 0 Å². The Hall–Kier alpha value is -3.97. The number of ketones is 1. The van der Waals surface area contributed by atoms with Gasteiger partial charge in [0.15, 0.2) is 11.5 Å². The summed E-state index contributed by atoms with van der Waals surface area (Å²) in [5.74, 6) is -1.04. The summed E-state index contributed by atoms with van der Waals surface area (Å²) in [7, 11) is 0. The smallest absolute Gasteiger partial charge is 0.300 e. The number of rotatable bonds is 8. The van der Waals surface area contributed by atoms with Crippen molar-refractivity contribution in [2.45, 2.75) is 33.7 Å². The molecular weight excluding hydrogens is 506 g/mol. The van der Waals surface area contributed by atoms with Gasteiger partial charge in [-0.05, 0) is 67.3 Å². The van der Waals surface area contributed by atoms with Crippen molar-refractivity contribution in [1.29, 1.82) is 0 Å². The summed E-state index contributed by atoms with van der Waals surface area (Å²) in [5.41, 5.74) is 1.75. The lowest BCUT2D eigenvalue weighted by atomic mass is 9.94. The van der Waals surface area contributed by atoms with E-state index in [1.54, 1.807) is 68.4 Å². The largest absolute Gasteiger partial charge is 0.507 e. The quantitative estimate of drug-likeness (QED) is 0.196. The third-order valence-electron chi connectivity index (χ3n) is 6.23. The summed E-state index contributed by atoms with van der Waals surface area (Å²) < 4.78 is 11.4. The van der Waals surface area contributed by atoms with Crippen LogP contribution in [0.5, 0.6) is 17.2 Å². The summed E-state index contributed by atoms with van der Waals surface area (Å²) in [6.45, 7) is 8.37. The molecule has 0 aliphatic carbocycles. The van der Waals surface area contributed by atoms with Gasteiger partial charge < -0.3 is 19.7 Å². The zero-order valence-corrected chi connectivity index (χ0v) is 22.5. The van der Waals surface area contributed by atoms with Crippen molar-refractivity contribution < 1.29 is 29.3 Å². The Morgan fingerprint density at radius 2 is 1.79 bits per heavy atom. The van der Waals surface area contributed by atoms with E-state index < -0.39 is 17.7 Å². The molecule has 0 radical (unpaired) electrons. The second-order valence-corrected chi connectivity index (χ2v) is 9.85. The molecule has 198 valence electrons. The molecule has 4 rings (SSSR count). The summed E-state index contributed by atoms with van der Waals surface area (Å²) >= 11 is 6.37. The molecule has 2 N–H and O–H groups in total. The van der Waals surface area contributed by atoms with Gasteiger partial charge in [-0.3, -0.25) is 14.5 Å². The first-order chi connectivity index (χ1) is 18.1. The standard InChI is InChI=1S/C30H30ClNO6/c1-5-37-25-15-19(12-13-24(25)33)27-26(28(34)20-8-6-9-21(14-20)38-16-17(2)3)29(35)30(36)32(27)23-11-7-10-22(31)18(23)4/h6-15,17,27,33-34H,5,16H2,1-4H3/b28-26+. The Labute approximate surface area is 226 Å². The first kappa shape index (κ1) is 27.1. The van der Waals surface area contributed by atoms with Crippen molar-refractivity contribution in [2.75, 3.05) is 18.1 Å². The molecule has 1 fully saturated rings. The van der Waals surface area contributed by atoms with Crippen LogP contribution in [-0.2, 0) is 9.59 Å². The van der Waals surface area contributed by atoms with Gasteiger partial charge in [-0.15, -0.1) is 0 Å². The second-order valence-electron chi connectivity index (χ2n) is 9.45. The summed E-state index contributed by atoms with van der Waals surface area (Å²) in [5, 5.41) is 22.2. The molecule has 0 spiro atoms. The molecule has 0 bridgehead atoms. The summed E-state index contributed by atoms with van der Waals surface area (Å²) in [6.07, 6.45) is 0. The molecule has 1 heterocycles. The molecule has 0 aromatic heterocycles. The number of phenols is 1. The van der Waals surface area contributed by atoms with Crippen LogP contribution < -0.4 is 14.4 Å². The predicted octanol–water partition coefficient (Wildman–Crippen LogP) is 6.41. The zero-order valence-electron chi connectivity index (χ0n) is 21.7. The number of hydrogen-bond donors (Lipinski definition) is 2. The van der Waals surface area contributed by atoms with E-state index in [0.717, 1.165) is 0 Å². The lowest BCUT2D eigenvalue weighted by molar-refractivity contribution is -0.132. The lowest BCUT2D eigenvalue weighted by Crippen LogP contribution is -2.30. The minimum Gasteiger partial charge on any atom is -0.507 e. The van der Waals surface area contributed by atoms with E-state index in [1.165, 1.54) is 11.0 Å². The van der Waals surface area contributed by atoms with Crippen LogP contribution in [0.2, 0.25) is 5.02 Å². The Morgan fingerprint density at radius 1 is 1.05 bits per heavy atom. The van der Waals surface area contributed by atoms with Crippen molar-refractivity contribution >= 4 is 34.7 Å². The van der Waals surface area contributed by atoms with Crippen molar-refractivity contribution in [3.8, 4) is 17.2 Å². The first-order valence-corrected chi connectivity index (χ1v) is 12.8. The maximum atomic E-state index is 13.5. The third kappa shape index (κ3) is 5.20. The predicted molar refractivity (Wildman–Crippen MR) is 147 cm³/mol. The number of aliphatic hydroxyl groups is 1. The van der Waals surface area contributed by atoms with Gasteiger partial charge in [0.1, 0.15) is 11.5 Å². The molecule has 1 unspecified atom stereocenters. The second kappa shape index (κ2) is 11.2. The van der Waals surface area contributed by atoms with E-state index >= 15 is 0 Å². The SMILES string of the molecule is CCOc1cc(C2/C(=C(\O)c3cccc(OCC(C)C)c3)C(=O)C(=O)N2c2cccc(Cl)c2C)ccc1O. The number of anilines is 1. The highest BCUT2D eigenvalue weighted by atomic mass is 35.5. The average Bonchev–Trinajstić information content (AvgIpc) is 3.15. The molecule has 3 aromatic rings. The summed E-state index contributed by atoms with van der Waals surface area (Å²) in [6, 6.07) is 15.4. The van der Waals surface area contributed by atoms with Crippen LogP contribution in [0, 0.1) is 12.8 Å². The molecule has 1 aliphatic heterocycles. The topological polar surface area (TPSA) is 96.3 Å². The molecule has 7 nitrogen and oxygen atoms in total. The van der Waals surface area contributed by atoms with Crippen molar-refractivity contribution in [2.24, 2.45) is 5.92 Å². The lowest BCUT2D eigenvalue weighted by Gasteiger charge is -2.27. The number of aromatic hydroxyl groups is 1. The molecule has 1 atom stereocenters. The van der Waals surface area contributed by atoms with E-state index in [0.29, 0.717) is 52.3 Å². The van der Waals surface area contributed by atoms with E-state index in [4.69, 9.17) is 21.1 Å². The molecule has 8 heteroatoms. The van der Waals surface area contributed by atoms with E-state index in [-0.39, 0.29) is 22.8 Å². The maximum Gasteiger partial charge on any atom is 0.300 e. The Kier molecular flexibility index (Phi) is 7.97. The zero-order chi connectivity index (χ0) is 27.6. The molecule has 1 amide bonds. The van der Waals surface area contributed by atoms with Gasteiger partial charge in [0.25, 0.3) is 11.7 Å². The van der Waals surface area contributed by atoms with Gasteiger partial charge in [0.2, 0.25) is 0 Å². The Bertz CT molecular complexity index is 1410. The summed E-state index contributed by atoms with van der Waals surface area (Å²) in [4.78, 5) is 28.3. The van der Waals surface area contributed by atoms with Crippen molar-refractivity contribution in [1.82, 2.24) is 0 Å². The number of aliphatic hydroxyl groups excluding tert-OH is 1. The fourth-order valence-corrected chi connectivity index (χ4v) is 4.55. The van der Waals surface area contributed by atoms with Gasteiger partial charge in [0, 0.05) is 16.3 Å². The van der Waals surface area contributed by atoms with Crippen LogP contribution in [0.4, 0.5) is 5.69 Å². The van der Waals surface area contributed by atoms with Gasteiger partial charge in [-0.2, -0.15) is 0 Å². The maximum absolute atomic E-state index is 13.5. The van der Waals surface area contributed by atoms with Crippen LogP contribution in [0.3, 0.4) is 0 Å². The van der Waals surface area contributed by atoms with E-state index in [1.807, 2.05) is 13.8 Å². The van der Waals surface area contributed by atoms with Gasteiger partial charge >= 0.3 is 0 Å². The molecule has 1 saturated heterocycles. The fraction of sp³-hybridized carbons (Fsp3) is 0.267. The number of ether oxygens (including phenoxy) is 2. The van der Waals surface area contributed by atoms with Crippen molar-refractivity contribution in [3.63, 3.8) is 0 Å². The van der Waals surface area contributed by atoms with Crippen LogP contribution in [0.1, 0.15) is 43.5 Å². The number of nitrogens with zero attached hydrogens (tertiary/aromatic N) is 1. The minimum atomic E-state index is -1.01. The van der Waals surface area contributed by atoms with Crippen LogP contribution in [0.25, 0.3) is 5.76 Å². The monoisotopic (exact) mass is 535 g/mol. The minimum absolute atomic E-state index is 0.0820. The van der Waals surface area contributed by atoms with Gasteiger partial charge in [-0.25, -0.2) is 0 Å². The number of halogens is 1. The fourth-order valence-electron chi connectivity index (χ4n) is 4.38. The van der Waals surface area contributed by atoms with Crippen molar-refractivity contribution in [3.05, 3.63) is 87.9 Å². The number of carbonyl (C=O) groups is 2. The molecule has 0 saturated carbocycles. The Balaban J connectivity index is 1.93. The first-order valence-electron chi connectivity index (χ1n) is 12.4. The number of carbonyl (C=O) groups excluding carboxylic acids is 2. The molecular formula is C30H30ClNO6. The van der Waals surface area contributed by atoms with E-state index in [9.17, 15) is 19.8 Å². The molecule has 1 aliphatic rings. The van der Waals surface area contributed by atoms with Crippen LogP contribution in [0.15, 0.2) is 66.2 Å². The molecule has 3 aromatic carbocycles. The normalized spacial score (nSPS) is 16.8. The number of hydrogen-bond acceptors (Lipinski definition) is 6. The van der Waals surface area contributed by atoms with Gasteiger partial charge in [-0.1, -0.05) is 49.7 Å². The highest BCUT2D eigenvalue weighted by molar-refractivity contribution is 6.52. The van der Waals surface area contributed by atoms with Crippen LogP contribution in [-0.4, -0.2) is 35.1 Å². The number of Topliss-reactive ketones (excluding diaryl/α,β-unsaturated/α-hetero) is 1. The number of amides is 1. The average molecular weight is 536 g/mol. The number of phenolic OH excluding ortho intramolecular Hbond substituents is 1.